The van der Waals surface area contributed by atoms with E-state index in [1.165, 1.54) is 37.8 Å². The Morgan fingerprint density at radius 1 is 1.11 bits per heavy atom. The van der Waals surface area contributed by atoms with Crippen LogP contribution in [0.25, 0.3) is 0 Å². The Bertz CT molecular complexity index is 795. The van der Waals surface area contributed by atoms with E-state index in [9.17, 15) is 4.79 Å². The van der Waals surface area contributed by atoms with Crippen molar-refractivity contribution in [3.05, 3.63) is 47.8 Å². The molecule has 1 aromatic heterocycles. The minimum Gasteiger partial charge on any atom is -0.381 e. The molecule has 5 nitrogen and oxygen atoms in total. The maximum atomic E-state index is 12.8. The van der Waals surface area contributed by atoms with E-state index in [1.54, 1.807) is 12.4 Å². The summed E-state index contributed by atoms with van der Waals surface area (Å²) in [5, 5.41) is 6.57. The SMILES string of the molecule is CCN(CC)c1ccc(NC(=O)c2cncc(NC3CCCCC3)c2)c(C)c1. The average Bonchev–Trinajstić information content (AvgIpc) is 2.72. The number of hydrogen-bond donors (Lipinski definition) is 2. The highest BCUT2D eigenvalue weighted by Gasteiger charge is 2.15. The number of rotatable bonds is 7. The van der Waals surface area contributed by atoms with Crippen molar-refractivity contribution in [3.8, 4) is 0 Å². The Morgan fingerprint density at radius 3 is 2.54 bits per heavy atom. The van der Waals surface area contributed by atoms with Crippen LogP contribution in [0.4, 0.5) is 17.1 Å². The number of hydrogen-bond acceptors (Lipinski definition) is 4. The molecule has 0 spiro atoms. The van der Waals surface area contributed by atoms with Gasteiger partial charge in [0.05, 0.1) is 11.3 Å². The van der Waals surface area contributed by atoms with Crippen molar-refractivity contribution in [3.63, 3.8) is 0 Å². The van der Waals surface area contributed by atoms with Crippen molar-refractivity contribution >= 4 is 23.0 Å². The average molecular weight is 381 g/mol. The molecule has 0 bridgehead atoms. The molecule has 1 aliphatic rings. The van der Waals surface area contributed by atoms with Crippen LogP contribution in [0.1, 0.15) is 61.9 Å². The molecule has 1 saturated carbocycles. The fourth-order valence-electron chi connectivity index (χ4n) is 3.89. The molecule has 3 rings (SSSR count). The summed E-state index contributed by atoms with van der Waals surface area (Å²) in [6, 6.07) is 8.56. The van der Waals surface area contributed by atoms with Crippen molar-refractivity contribution in [1.29, 1.82) is 0 Å². The van der Waals surface area contributed by atoms with Gasteiger partial charge in [0.25, 0.3) is 5.91 Å². The van der Waals surface area contributed by atoms with Gasteiger partial charge in [-0.25, -0.2) is 0 Å². The highest BCUT2D eigenvalue weighted by molar-refractivity contribution is 6.05. The van der Waals surface area contributed by atoms with Gasteiger partial charge in [-0.2, -0.15) is 0 Å². The number of anilines is 3. The third-order valence-corrected chi connectivity index (χ3v) is 5.56. The second kappa shape index (κ2) is 9.58. The van der Waals surface area contributed by atoms with Gasteiger partial charge in [-0.3, -0.25) is 9.78 Å². The molecule has 1 heterocycles. The van der Waals surface area contributed by atoms with E-state index in [-0.39, 0.29) is 5.91 Å². The number of amides is 1. The fourth-order valence-corrected chi connectivity index (χ4v) is 3.89. The van der Waals surface area contributed by atoms with Gasteiger partial charge in [0, 0.05) is 42.9 Å². The first-order valence-electron chi connectivity index (χ1n) is 10.5. The quantitative estimate of drug-likeness (QED) is 0.690. The molecule has 0 saturated heterocycles. The number of nitrogens with one attached hydrogen (secondary N) is 2. The zero-order chi connectivity index (χ0) is 19.9. The van der Waals surface area contributed by atoms with Crippen LogP contribution in [0, 0.1) is 6.92 Å². The monoisotopic (exact) mass is 380 g/mol. The summed E-state index contributed by atoms with van der Waals surface area (Å²) >= 11 is 0. The Morgan fingerprint density at radius 2 is 1.86 bits per heavy atom. The molecule has 150 valence electrons. The summed E-state index contributed by atoms with van der Waals surface area (Å²) in [7, 11) is 0. The predicted octanol–water partition coefficient (Wildman–Crippen LogP) is 5.23. The Kier molecular flexibility index (Phi) is 6.90. The molecule has 1 aliphatic carbocycles. The number of aryl methyl sites for hydroxylation is 1. The van der Waals surface area contributed by atoms with E-state index >= 15 is 0 Å². The van der Waals surface area contributed by atoms with Crippen molar-refractivity contribution in [2.75, 3.05) is 28.6 Å². The van der Waals surface area contributed by atoms with Crippen LogP contribution in [0.5, 0.6) is 0 Å². The summed E-state index contributed by atoms with van der Waals surface area (Å²) in [6.45, 7) is 8.26. The predicted molar refractivity (Wildman–Crippen MR) is 117 cm³/mol. The minimum absolute atomic E-state index is 0.126. The molecular weight excluding hydrogens is 348 g/mol. The highest BCUT2D eigenvalue weighted by Crippen LogP contribution is 2.24. The van der Waals surface area contributed by atoms with Crippen LogP contribution < -0.4 is 15.5 Å². The van der Waals surface area contributed by atoms with E-state index in [0.717, 1.165) is 30.0 Å². The van der Waals surface area contributed by atoms with E-state index in [4.69, 9.17) is 0 Å². The van der Waals surface area contributed by atoms with Gasteiger partial charge in [0.2, 0.25) is 0 Å². The summed E-state index contributed by atoms with van der Waals surface area (Å²) in [5.41, 5.74) is 4.58. The maximum Gasteiger partial charge on any atom is 0.257 e. The molecule has 5 heteroatoms. The third-order valence-electron chi connectivity index (χ3n) is 5.56. The van der Waals surface area contributed by atoms with Crippen LogP contribution in [0.2, 0.25) is 0 Å². The molecule has 28 heavy (non-hydrogen) atoms. The molecule has 0 aliphatic heterocycles. The maximum absolute atomic E-state index is 12.8. The number of carbonyl (C=O) groups excluding carboxylic acids is 1. The Hall–Kier alpha value is -2.56. The molecule has 1 aromatic carbocycles. The normalized spacial score (nSPS) is 14.5. The van der Waals surface area contributed by atoms with Gasteiger partial charge in [0.15, 0.2) is 0 Å². The second-order valence-electron chi connectivity index (χ2n) is 7.57. The molecule has 2 N–H and O–H groups in total. The molecule has 0 unspecified atom stereocenters. The summed E-state index contributed by atoms with van der Waals surface area (Å²) < 4.78 is 0. The van der Waals surface area contributed by atoms with E-state index in [0.29, 0.717) is 11.6 Å². The van der Waals surface area contributed by atoms with Crippen molar-refractivity contribution in [2.45, 2.75) is 58.9 Å². The first kappa shape index (κ1) is 20.2. The van der Waals surface area contributed by atoms with E-state index in [2.05, 4.69) is 46.5 Å². The lowest BCUT2D eigenvalue weighted by molar-refractivity contribution is 0.102. The van der Waals surface area contributed by atoms with Crippen molar-refractivity contribution in [2.24, 2.45) is 0 Å². The molecule has 0 radical (unpaired) electrons. The molecule has 2 aromatic rings. The summed E-state index contributed by atoms with van der Waals surface area (Å²) in [5.74, 6) is -0.126. The largest absolute Gasteiger partial charge is 0.381 e. The minimum atomic E-state index is -0.126. The topological polar surface area (TPSA) is 57.3 Å². The van der Waals surface area contributed by atoms with Gasteiger partial charge in [-0.15, -0.1) is 0 Å². The van der Waals surface area contributed by atoms with Crippen LogP contribution >= 0.6 is 0 Å². The van der Waals surface area contributed by atoms with Gasteiger partial charge in [-0.05, 0) is 63.4 Å². The number of aromatic nitrogens is 1. The Balaban J connectivity index is 1.68. The van der Waals surface area contributed by atoms with Gasteiger partial charge < -0.3 is 15.5 Å². The van der Waals surface area contributed by atoms with E-state index in [1.807, 2.05) is 19.1 Å². The summed E-state index contributed by atoms with van der Waals surface area (Å²) in [4.78, 5) is 19.3. The first-order chi connectivity index (χ1) is 13.6. The van der Waals surface area contributed by atoms with Crippen molar-refractivity contribution in [1.82, 2.24) is 4.98 Å². The van der Waals surface area contributed by atoms with Gasteiger partial charge >= 0.3 is 0 Å². The molecule has 1 fully saturated rings. The fraction of sp³-hybridized carbons (Fsp3) is 0.478. The highest BCUT2D eigenvalue weighted by atomic mass is 16.1. The summed E-state index contributed by atoms with van der Waals surface area (Å²) in [6.07, 6.45) is 9.67. The van der Waals surface area contributed by atoms with Crippen LogP contribution in [0.3, 0.4) is 0 Å². The third kappa shape index (κ3) is 5.03. The van der Waals surface area contributed by atoms with Crippen molar-refractivity contribution < 1.29 is 4.79 Å². The zero-order valence-electron chi connectivity index (χ0n) is 17.3. The number of carbonyl (C=O) groups is 1. The lowest BCUT2D eigenvalue weighted by atomic mass is 9.95. The lowest BCUT2D eigenvalue weighted by Crippen LogP contribution is -2.23. The Labute approximate surface area is 168 Å². The molecule has 0 atom stereocenters. The second-order valence-corrected chi connectivity index (χ2v) is 7.57. The first-order valence-corrected chi connectivity index (χ1v) is 10.5. The lowest BCUT2D eigenvalue weighted by Gasteiger charge is -2.24. The van der Waals surface area contributed by atoms with E-state index < -0.39 is 0 Å². The number of pyridine rings is 1. The smallest absolute Gasteiger partial charge is 0.257 e. The standard InChI is InChI=1S/C23H32N4O/c1-4-27(5-2)21-11-12-22(17(3)13-21)26-23(28)18-14-20(16-24-15-18)25-19-9-7-6-8-10-19/h11-16,19,25H,4-10H2,1-3H3,(H,26,28). The molecule has 1 amide bonds. The van der Waals surface area contributed by atoms with Crippen LogP contribution in [0.15, 0.2) is 36.7 Å². The number of nitrogens with zero attached hydrogens (tertiary/aromatic N) is 2. The van der Waals surface area contributed by atoms with Crippen LogP contribution in [-0.2, 0) is 0 Å². The number of benzene rings is 1. The zero-order valence-corrected chi connectivity index (χ0v) is 17.3. The van der Waals surface area contributed by atoms with Gasteiger partial charge in [0.1, 0.15) is 0 Å². The molecular formula is C23H32N4O. The van der Waals surface area contributed by atoms with Crippen LogP contribution in [-0.4, -0.2) is 30.0 Å². The van der Waals surface area contributed by atoms with Gasteiger partial charge in [-0.1, -0.05) is 19.3 Å².